The van der Waals surface area contributed by atoms with E-state index in [4.69, 9.17) is 14.2 Å². The highest BCUT2D eigenvalue weighted by atomic mass is 16.6. The zero-order valence-electron chi connectivity index (χ0n) is 41.6. The fraction of sp³-hybridized carbons (Fsp3) is 0.362. The van der Waals surface area contributed by atoms with E-state index in [9.17, 15) is 9.90 Å². The van der Waals surface area contributed by atoms with Crippen LogP contribution in [0.5, 0.6) is 5.75 Å². The maximum absolute atomic E-state index is 16.9. The Balaban J connectivity index is 1.26. The van der Waals surface area contributed by atoms with Crippen LogP contribution >= 0.6 is 0 Å². The molecule has 0 unspecified atom stereocenters. The number of hydrogen-bond donors (Lipinski definition) is 2. The second kappa shape index (κ2) is 21.3. The first-order chi connectivity index (χ1) is 36.1. The summed E-state index contributed by atoms with van der Waals surface area (Å²) in [5, 5.41) is 21.3. The molecule has 0 saturated carbocycles. The molecule has 4 aliphatic rings. The number of morpholine rings is 1. The molecule has 0 radical (unpaired) electrons. The van der Waals surface area contributed by atoms with Crippen LogP contribution in [0.2, 0.25) is 0 Å². The van der Waals surface area contributed by atoms with E-state index in [-0.39, 0.29) is 31.0 Å². The topological polar surface area (TPSA) is 186 Å². The number of carbonyl (C=O) groups excluding carboxylic acids is 5. The summed E-state index contributed by atoms with van der Waals surface area (Å²) >= 11 is 0. The number of aromatic nitrogens is 3. The normalized spacial score (nSPS) is 23.0. The first kappa shape index (κ1) is 49.7. The molecule has 4 aliphatic heterocycles. The Morgan fingerprint density at radius 3 is 2.23 bits per heavy atom. The van der Waals surface area contributed by atoms with Gasteiger partial charge in [-0.25, -0.2) is 19.2 Å². The Kier molecular flexibility index (Phi) is 14.3. The predicted molar refractivity (Wildman–Crippen MR) is 274 cm³/mol. The van der Waals surface area contributed by atoms with E-state index >= 15 is 19.2 Å². The summed E-state index contributed by atoms with van der Waals surface area (Å²) in [5.74, 6) is 2.33. The number of esters is 2. The van der Waals surface area contributed by atoms with Gasteiger partial charge in [0.05, 0.1) is 42.9 Å². The minimum atomic E-state index is -2.07. The molecule has 1 spiro atoms. The molecular weight excluding hydrogens is 939 g/mol. The Morgan fingerprint density at radius 2 is 1.51 bits per heavy atom. The van der Waals surface area contributed by atoms with Crippen LogP contribution in [-0.4, -0.2) is 105 Å². The van der Waals surface area contributed by atoms with Gasteiger partial charge in [0.2, 0.25) is 11.8 Å². The van der Waals surface area contributed by atoms with E-state index in [1.165, 1.54) is 7.11 Å². The van der Waals surface area contributed by atoms with Gasteiger partial charge in [-0.05, 0) is 83.5 Å². The van der Waals surface area contributed by atoms with Crippen LogP contribution < -0.4 is 15.0 Å². The first-order valence-corrected chi connectivity index (χ1v) is 25.4. The van der Waals surface area contributed by atoms with Crippen LogP contribution in [0.25, 0.3) is 11.0 Å². The molecule has 380 valence electrons. The number of aliphatic hydroxyl groups excluding tert-OH is 1. The molecule has 16 heteroatoms. The highest BCUT2D eigenvalue weighted by Gasteiger charge is 2.76. The zero-order chi connectivity index (χ0) is 51.5. The number of rotatable bonds is 11. The van der Waals surface area contributed by atoms with Gasteiger partial charge in [-0.3, -0.25) is 19.3 Å². The quantitative estimate of drug-likeness (QED) is 0.0983. The molecular formula is C58H59N7O9. The van der Waals surface area contributed by atoms with Crippen molar-refractivity contribution in [3.8, 4) is 17.6 Å². The van der Waals surface area contributed by atoms with Crippen molar-refractivity contribution in [2.24, 2.45) is 11.8 Å². The zero-order valence-corrected chi connectivity index (χ0v) is 41.6. The second-order valence-corrected chi connectivity index (χ2v) is 19.6. The van der Waals surface area contributed by atoms with E-state index in [1.807, 2.05) is 95.9 Å². The van der Waals surface area contributed by atoms with Crippen molar-refractivity contribution in [2.75, 3.05) is 38.3 Å². The molecule has 3 fully saturated rings. The number of ether oxygens (including phenoxy) is 3. The molecule has 2 N–H and O–H groups in total. The minimum absolute atomic E-state index is 0.0317. The van der Waals surface area contributed by atoms with Gasteiger partial charge in [0.15, 0.2) is 0 Å². The molecule has 16 nitrogen and oxygen atoms in total. The number of amides is 4. The number of hydrogen-bond acceptors (Lipinski definition) is 12. The number of carbonyl (C=O) groups is 5. The lowest BCUT2D eigenvalue weighted by atomic mass is 9.64. The molecule has 10 rings (SSSR count). The fourth-order valence-electron chi connectivity index (χ4n) is 11.6. The molecule has 74 heavy (non-hydrogen) atoms. The number of methoxy groups -OCH3 is 1. The summed E-state index contributed by atoms with van der Waals surface area (Å²) in [5.41, 5.74) is 2.29. The summed E-state index contributed by atoms with van der Waals surface area (Å²) in [7, 11) is 1.23. The molecule has 1 aromatic heterocycles. The third-order valence-electron chi connectivity index (χ3n) is 14.9. The Bertz CT molecular complexity index is 3130. The van der Waals surface area contributed by atoms with Gasteiger partial charge in [-0.1, -0.05) is 135 Å². The Morgan fingerprint density at radius 1 is 0.824 bits per heavy atom. The molecule has 4 amide bonds. The molecule has 0 aliphatic carbocycles. The Labute approximate surface area is 429 Å². The van der Waals surface area contributed by atoms with Crippen LogP contribution in [0.4, 0.5) is 10.5 Å². The van der Waals surface area contributed by atoms with E-state index in [1.54, 1.807) is 59.8 Å². The summed E-state index contributed by atoms with van der Waals surface area (Å²) < 4.78 is 19.6. The van der Waals surface area contributed by atoms with Gasteiger partial charge >= 0.3 is 18.0 Å². The highest BCUT2D eigenvalue weighted by molar-refractivity contribution is 6.25. The summed E-state index contributed by atoms with van der Waals surface area (Å²) in [6.07, 6.45) is 3.31. The third-order valence-corrected chi connectivity index (χ3v) is 14.9. The number of benzene rings is 5. The first-order valence-electron chi connectivity index (χ1n) is 25.4. The number of para-hydroxylation sites is 1. The van der Waals surface area contributed by atoms with Crippen LogP contribution in [0.15, 0.2) is 127 Å². The molecule has 6 aromatic rings. The number of aliphatic hydroxyl groups is 1. The van der Waals surface area contributed by atoms with E-state index < -0.39 is 77.3 Å². The van der Waals surface area contributed by atoms with Crippen LogP contribution in [0.1, 0.15) is 92.0 Å². The smallest absolute Gasteiger partial charge is 0.329 e. The number of likely N-dealkylation sites (tertiary alicyclic amines) is 1. The Hall–Kier alpha value is -7.87. The van der Waals surface area contributed by atoms with E-state index in [2.05, 4.69) is 27.5 Å². The largest absolute Gasteiger partial charge is 0.491 e. The number of imide groups is 1. The summed E-state index contributed by atoms with van der Waals surface area (Å²) in [4.78, 5) is 82.4. The monoisotopic (exact) mass is 997 g/mol. The van der Waals surface area contributed by atoms with Gasteiger partial charge < -0.3 is 29.5 Å². The van der Waals surface area contributed by atoms with Crippen molar-refractivity contribution >= 4 is 46.5 Å². The number of urea groups is 1. The molecule has 5 heterocycles. The molecule has 5 aromatic carbocycles. The maximum Gasteiger partial charge on any atom is 0.329 e. The van der Waals surface area contributed by atoms with Gasteiger partial charge in [-0.2, -0.15) is 0 Å². The summed E-state index contributed by atoms with van der Waals surface area (Å²) in [6.45, 7) is 4.15. The van der Waals surface area contributed by atoms with Gasteiger partial charge in [-0.15, -0.1) is 5.10 Å². The van der Waals surface area contributed by atoms with Crippen LogP contribution in [0.3, 0.4) is 0 Å². The predicted octanol–water partition coefficient (Wildman–Crippen LogP) is 7.22. The highest BCUT2D eigenvalue weighted by Crippen LogP contribution is 2.66. The lowest BCUT2D eigenvalue weighted by Gasteiger charge is -2.46. The van der Waals surface area contributed by atoms with Crippen molar-refractivity contribution in [1.29, 1.82) is 0 Å². The molecule has 3 saturated heterocycles. The maximum atomic E-state index is 16.9. The number of fused-ring (bicyclic) bond motifs is 4. The average molecular weight is 998 g/mol. The van der Waals surface area contributed by atoms with Gasteiger partial charge in [0.1, 0.15) is 48.0 Å². The standard InChI is InChI=1S/C58H59N7O9/c1-37(2)48(54(68)72-3)59-57(71)64-45-29-28-38(19-18-32-63-46-27-14-13-26-44(46)60-61-63)35-43(45)58(56(64)70)47(53(67)62-30-15-5-4-6-16-31-62)50-55(69)74-51(40-22-11-8-12-23-40)49(39-20-9-7-10-21-39)65(50)52(58)41-24-17-25-42(36-41)73-34-33-66/h7-14,17,20-29,35-37,47-52,66H,4-6,15-16,30-34H2,1-3H3,(H,59,71)/t47-,48+,49-,50-,51+,52+,58-/m1/s1. The van der Waals surface area contributed by atoms with Crippen molar-refractivity contribution in [1.82, 2.24) is 30.1 Å². The van der Waals surface area contributed by atoms with Crippen molar-refractivity contribution in [2.45, 2.75) is 88.2 Å². The third kappa shape index (κ3) is 8.93. The fourth-order valence-corrected chi connectivity index (χ4v) is 11.6. The summed E-state index contributed by atoms with van der Waals surface area (Å²) in [6, 6.07) is 33.3. The number of cyclic esters (lactones) is 1. The lowest BCUT2D eigenvalue weighted by molar-refractivity contribution is -0.179. The number of nitrogens with one attached hydrogen (secondary N) is 1. The molecule has 7 atom stereocenters. The van der Waals surface area contributed by atoms with Crippen LogP contribution in [0, 0.1) is 23.7 Å². The average Bonchev–Trinajstić information content (AvgIpc) is 4.06. The molecule has 0 bridgehead atoms. The van der Waals surface area contributed by atoms with E-state index in [0.29, 0.717) is 53.9 Å². The minimum Gasteiger partial charge on any atom is -0.491 e. The van der Waals surface area contributed by atoms with Gasteiger partial charge in [0.25, 0.3) is 0 Å². The SMILES string of the molecule is COC(=O)[C@@H](NC(=O)N1C(=O)[C@@]2(c3cc(C#CCn4nnc5ccccc54)ccc31)[C@H](c1cccc(OCCO)c1)N1[C@H](c3ccccc3)[C@H](c3ccccc3)OC(=O)[C@H]1[C@@H]2C(=O)N1CCCCCCC1)C(C)C. The second-order valence-electron chi connectivity index (χ2n) is 19.6. The van der Waals surface area contributed by atoms with Gasteiger partial charge in [0, 0.05) is 18.7 Å². The lowest BCUT2D eigenvalue weighted by Crippen LogP contribution is -2.58. The van der Waals surface area contributed by atoms with E-state index in [0.717, 1.165) is 35.2 Å². The van der Waals surface area contributed by atoms with Crippen molar-refractivity contribution in [3.63, 3.8) is 0 Å². The van der Waals surface area contributed by atoms with Crippen molar-refractivity contribution in [3.05, 3.63) is 155 Å². The van der Waals surface area contributed by atoms with Crippen molar-refractivity contribution < 1.29 is 43.3 Å². The van der Waals surface area contributed by atoms with Crippen LogP contribution in [-0.2, 0) is 40.6 Å². The number of anilines is 1. The number of nitrogens with zero attached hydrogens (tertiary/aromatic N) is 6.